The largest absolute Gasteiger partial charge is 0.491 e. The number of ether oxygens (including phenoxy) is 3. The predicted molar refractivity (Wildman–Crippen MR) is 157 cm³/mol. The number of ketones is 1. The molecule has 2 aromatic rings. The Bertz CT molecular complexity index is 1110. The van der Waals surface area contributed by atoms with Gasteiger partial charge in [-0.3, -0.25) is 14.5 Å². The first-order valence-corrected chi connectivity index (χ1v) is 14.0. The van der Waals surface area contributed by atoms with E-state index in [1.54, 1.807) is 67.8 Å². The summed E-state index contributed by atoms with van der Waals surface area (Å²) in [6.07, 6.45) is 2.94. The van der Waals surface area contributed by atoms with Crippen molar-refractivity contribution in [2.45, 2.75) is 50.0 Å². The molecule has 41 heavy (non-hydrogen) atoms. The van der Waals surface area contributed by atoms with Gasteiger partial charge in [0, 0.05) is 45.1 Å². The summed E-state index contributed by atoms with van der Waals surface area (Å²) in [7, 11) is 1.60. The van der Waals surface area contributed by atoms with E-state index in [9.17, 15) is 19.8 Å². The molecule has 3 rings (SSSR count). The summed E-state index contributed by atoms with van der Waals surface area (Å²) in [6.45, 7) is 9.89. The van der Waals surface area contributed by atoms with E-state index in [1.165, 1.54) is 0 Å². The highest BCUT2D eigenvalue weighted by Gasteiger charge is 2.29. The van der Waals surface area contributed by atoms with Gasteiger partial charge in [0.2, 0.25) is 5.91 Å². The Morgan fingerprint density at radius 1 is 1.05 bits per heavy atom. The van der Waals surface area contributed by atoms with E-state index in [0.717, 1.165) is 0 Å². The number of hydrogen-bond acceptors (Lipinski definition) is 8. The lowest BCUT2D eigenvalue weighted by Crippen LogP contribution is -2.47. The van der Waals surface area contributed by atoms with Crippen molar-refractivity contribution in [3.63, 3.8) is 0 Å². The predicted octanol–water partition coefficient (Wildman–Crippen LogP) is 3.47. The zero-order valence-corrected chi connectivity index (χ0v) is 23.7. The maximum absolute atomic E-state index is 12.9. The number of aliphatic hydroxyl groups excluding tert-OH is 2. The van der Waals surface area contributed by atoms with Gasteiger partial charge in [-0.05, 0) is 67.0 Å². The molecule has 1 aliphatic heterocycles. The van der Waals surface area contributed by atoms with Crippen molar-refractivity contribution in [1.82, 2.24) is 10.2 Å². The van der Waals surface area contributed by atoms with E-state index in [-0.39, 0.29) is 30.6 Å². The molecule has 9 nitrogen and oxygen atoms in total. The third kappa shape index (κ3) is 10.4. The van der Waals surface area contributed by atoms with Crippen LogP contribution in [0.1, 0.15) is 47.7 Å². The van der Waals surface area contributed by atoms with Gasteiger partial charge in [-0.25, -0.2) is 0 Å². The van der Waals surface area contributed by atoms with E-state index >= 15 is 0 Å². The first-order chi connectivity index (χ1) is 19.8. The number of β-amino-alcohol motifs (C(OH)–C–C–N with tert-alkyl or cyclic N) is 1. The monoisotopic (exact) mass is 566 g/mol. The van der Waals surface area contributed by atoms with Crippen molar-refractivity contribution in [3.8, 4) is 11.5 Å². The smallest absolute Gasteiger partial charge is 0.220 e. The van der Waals surface area contributed by atoms with Crippen LogP contribution in [0.5, 0.6) is 11.5 Å². The Kier molecular flexibility index (Phi) is 13.0. The summed E-state index contributed by atoms with van der Waals surface area (Å²) >= 11 is 0. The Hall–Kier alpha value is -3.50. The molecule has 0 radical (unpaired) electrons. The van der Waals surface area contributed by atoms with Crippen LogP contribution in [-0.2, 0) is 9.53 Å². The standard InChI is InChI=1S/C32H42N2O7/c1-4-26(5-2)41-28-15-11-24(12-16-28)32(38)29(22-34-18-17-25(35)21-34)33-31(37)8-6-7-30(36)23-9-13-27(14-10-23)40-20-19-39-3/h4-5,9-16,25-26,29,32,35,38H,1-2,6-8,17-22H2,3H3,(H,33,37)/t25-,29+,32+/m0/s1. The highest BCUT2D eigenvalue weighted by Crippen LogP contribution is 2.23. The molecule has 1 amide bonds. The highest BCUT2D eigenvalue weighted by molar-refractivity contribution is 5.96. The summed E-state index contributed by atoms with van der Waals surface area (Å²) in [5.74, 6) is 0.962. The van der Waals surface area contributed by atoms with Crippen molar-refractivity contribution in [2.75, 3.05) is 40.0 Å². The number of methoxy groups -OCH3 is 1. The zero-order valence-electron chi connectivity index (χ0n) is 23.7. The van der Waals surface area contributed by atoms with Gasteiger partial charge in [0.25, 0.3) is 0 Å². The topological polar surface area (TPSA) is 118 Å². The first kappa shape index (κ1) is 32.0. The molecule has 3 atom stereocenters. The van der Waals surface area contributed by atoms with Crippen molar-refractivity contribution >= 4 is 11.7 Å². The van der Waals surface area contributed by atoms with Crippen LogP contribution in [0.2, 0.25) is 0 Å². The first-order valence-electron chi connectivity index (χ1n) is 14.0. The van der Waals surface area contributed by atoms with Crippen molar-refractivity contribution < 1.29 is 34.0 Å². The molecule has 222 valence electrons. The Morgan fingerprint density at radius 3 is 2.34 bits per heavy atom. The van der Waals surface area contributed by atoms with E-state index in [2.05, 4.69) is 18.5 Å². The van der Waals surface area contributed by atoms with E-state index in [1.807, 2.05) is 4.90 Å². The van der Waals surface area contributed by atoms with Gasteiger partial charge >= 0.3 is 0 Å². The van der Waals surface area contributed by atoms with Crippen molar-refractivity contribution in [3.05, 3.63) is 85.0 Å². The van der Waals surface area contributed by atoms with Gasteiger partial charge in [0.15, 0.2) is 5.78 Å². The molecule has 0 spiro atoms. The average Bonchev–Trinajstić information content (AvgIpc) is 3.40. The van der Waals surface area contributed by atoms with Gasteiger partial charge in [0.05, 0.1) is 18.8 Å². The normalized spacial score (nSPS) is 16.6. The van der Waals surface area contributed by atoms with Crippen LogP contribution in [0.25, 0.3) is 0 Å². The van der Waals surface area contributed by atoms with E-state index in [4.69, 9.17) is 14.2 Å². The van der Waals surface area contributed by atoms with Crippen LogP contribution in [-0.4, -0.2) is 85.0 Å². The lowest BCUT2D eigenvalue weighted by molar-refractivity contribution is -0.123. The fourth-order valence-electron chi connectivity index (χ4n) is 4.62. The quantitative estimate of drug-likeness (QED) is 0.143. The van der Waals surface area contributed by atoms with Gasteiger partial charge in [0.1, 0.15) is 30.3 Å². The molecule has 1 heterocycles. The highest BCUT2D eigenvalue weighted by atomic mass is 16.5. The van der Waals surface area contributed by atoms with Crippen LogP contribution < -0.4 is 14.8 Å². The lowest BCUT2D eigenvalue weighted by Gasteiger charge is -2.29. The summed E-state index contributed by atoms with van der Waals surface area (Å²) in [6, 6.07) is 13.3. The molecule has 0 bridgehead atoms. The molecule has 0 aliphatic carbocycles. The molecular weight excluding hydrogens is 524 g/mol. The van der Waals surface area contributed by atoms with Gasteiger partial charge in [-0.1, -0.05) is 25.3 Å². The van der Waals surface area contributed by atoms with Crippen LogP contribution >= 0.6 is 0 Å². The molecule has 0 unspecified atom stereocenters. The Morgan fingerprint density at radius 2 is 1.73 bits per heavy atom. The molecule has 2 aromatic carbocycles. The van der Waals surface area contributed by atoms with Crippen molar-refractivity contribution in [2.24, 2.45) is 0 Å². The summed E-state index contributed by atoms with van der Waals surface area (Å²) in [5, 5.41) is 24.1. The Labute approximate surface area is 242 Å². The Balaban J connectivity index is 1.55. The average molecular weight is 567 g/mol. The molecular formula is C32H42N2O7. The number of aliphatic hydroxyl groups is 2. The number of nitrogens with one attached hydrogen (secondary N) is 1. The van der Waals surface area contributed by atoms with E-state index in [0.29, 0.717) is 68.3 Å². The summed E-state index contributed by atoms with van der Waals surface area (Å²) in [4.78, 5) is 27.5. The SMILES string of the molecule is C=CC(C=C)Oc1ccc([C@@H](O)[C@@H](CN2CC[C@H](O)C2)NC(=O)CCCC(=O)c2ccc(OCCOC)cc2)cc1. The van der Waals surface area contributed by atoms with Crippen LogP contribution in [0.4, 0.5) is 0 Å². The molecule has 1 saturated heterocycles. The van der Waals surface area contributed by atoms with Gasteiger partial charge < -0.3 is 29.7 Å². The minimum Gasteiger partial charge on any atom is -0.491 e. The second kappa shape index (κ2) is 16.7. The molecule has 0 saturated carbocycles. The fourth-order valence-corrected chi connectivity index (χ4v) is 4.62. The van der Waals surface area contributed by atoms with Gasteiger partial charge in [-0.15, -0.1) is 0 Å². The van der Waals surface area contributed by atoms with Crippen molar-refractivity contribution in [1.29, 1.82) is 0 Å². The fraction of sp³-hybridized carbons (Fsp3) is 0.438. The second-order valence-corrected chi connectivity index (χ2v) is 10.1. The molecule has 3 N–H and O–H groups in total. The molecule has 1 aliphatic rings. The zero-order chi connectivity index (χ0) is 29.6. The minimum atomic E-state index is -0.980. The number of amides is 1. The van der Waals surface area contributed by atoms with Crippen LogP contribution in [0.3, 0.4) is 0 Å². The number of Topliss-reactive ketones (excluding diaryl/α,β-unsaturated/α-hetero) is 1. The lowest BCUT2D eigenvalue weighted by atomic mass is 10.0. The maximum atomic E-state index is 12.9. The number of nitrogens with zero attached hydrogens (tertiary/aromatic N) is 1. The van der Waals surface area contributed by atoms with Crippen LogP contribution in [0.15, 0.2) is 73.8 Å². The molecule has 9 heteroatoms. The number of hydrogen-bond donors (Lipinski definition) is 3. The van der Waals surface area contributed by atoms with Crippen LogP contribution in [0, 0.1) is 0 Å². The number of carbonyl (C=O) groups excluding carboxylic acids is 2. The summed E-state index contributed by atoms with van der Waals surface area (Å²) < 4.78 is 16.2. The molecule has 1 fully saturated rings. The number of benzene rings is 2. The number of rotatable bonds is 18. The number of likely N-dealkylation sites (tertiary alicyclic amines) is 1. The summed E-state index contributed by atoms with van der Waals surface area (Å²) in [5.41, 5.74) is 1.19. The third-order valence-electron chi connectivity index (χ3n) is 6.93. The number of carbonyl (C=O) groups is 2. The minimum absolute atomic E-state index is 0.0543. The second-order valence-electron chi connectivity index (χ2n) is 10.1. The maximum Gasteiger partial charge on any atom is 0.220 e. The van der Waals surface area contributed by atoms with Gasteiger partial charge in [-0.2, -0.15) is 0 Å². The van der Waals surface area contributed by atoms with E-state index < -0.39 is 18.2 Å². The third-order valence-corrected chi connectivity index (χ3v) is 6.93. The molecule has 0 aromatic heterocycles.